The smallest absolute Gasteiger partial charge is 0.224 e. The third kappa shape index (κ3) is 15.0. The van der Waals surface area contributed by atoms with Crippen LogP contribution in [0.15, 0.2) is 0 Å². The van der Waals surface area contributed by atoms with Crippen LogP contribution in [0.3, 0.4) is 0 Å². The summed E-state index contributed by atoms with van der Waals surface area (Å²) < 4.78 is 11.2. The molecule has 0 aromatic heterocycles. The van der Waals surface area contributed by atoms with Crippen molar-refractivity contribution in [3.8, 4) is 0 Å². The summed E-state index contributed by atoms with van der Waals surface area (Å²) in [6.07, 6.45) is 7.70. The van der Waals surface area contributed by atoms with Crippen LogP contribution >= 0.6 is 25.3 Å². The van der Waals surface area contributed by atoms with Gasteiger partial charge in [-0.25, -0.2) is 0 Å². The van der Waals surface area contributed by atoms with Gasteiger partial charge in [0.1, 0.15) is 6.73 Å². The van der Waals surface area contributed by atoms with E-state index in [9.17, 15) is 4.79 Å². The lowest BCUT2D eigenvalue weighted by Gasteiger charge is -2.37. The predicted molar refractivity (Wildman–Crippen MR) is 128 cm³/mol. The number of hydrogen-bond acceptors (Lipinski definition) is 5. The first-order valence-electron chi connectivity index (χ1n) is 11.1. The highest BCUT2D eigenvalue weighted by Gasteiger charge is 2.30. The lowest BCUT2D eigenvalue weighted by molar-refractivity contribution is -0.143. The largest absolute Gasteiger partial charge is 0.379 e. The monoisotopic (exact) mass is 437 g/mol. The van der Waals surface area contributed by atoms with Crippen LogP contribution in [0.1, 0.15) is 92.9 Å². The summed E-state index contributed by atoms with van der Waals surface area (Å²) in [5.41, 5.74) is 0. The van der Waals surface area contributed by atoms with Crippen molar-refractivity contribution in [3.05, 3.63) is 0 Å². The summed E-state index contributed by atoms with van der Waals surface area (Å²) in [7, 11) is 1.67. The third-order valence-electron chi connectivity index (χ3n) is 4.47. The van der Waals surface area contributed by atoms with E-state index in [0.29, 0.717) is 32.1 Å². The zero-order valence-electron chi connectivity index (χ0n) is 19.4. The molecule has 0 radical (unpaired) electrons. The van der Waals surface area contributed by atoms with E-state index in [4.69, 9.17) is 9.47 Å². The minimum atomic E-state index is -0.177. The van der Waals surface area contributed by atoms with Crippen molar-refractivity contribution in [2.24, 2.45) is 5.92 Å². The molecule has 0 aliphatic carbocycles. The van der Waals surface area contributed by atoms with Gasteiger partial charge >= 0.3 is 0 Å². The Morgan fingerprint density at radius 3 is 2.00 bits per heavy atom. The Morgan fingerprint density at radius 2 is 1.57 bits per heavy atom. The van der Waals surface area contributed by atoms with Gasteiger partial charge in [-0.15, -0.1) is 0 Å². The fourth-order valence-electron chi connectivity index (χ4n) is 2.78. The summed E-state index contributed by atoms with van der Waals surface area (Å²) >= 11 is 8.81. The average Bonchev–Trinajstić information content (AvgIpc) is 2.64. The van der Waals surface area contributed by atoms with E-state index < -0.39 is 0 Å². The molecule has 0 saturated heterocycles. The summed E-state index contributed by atoms with van der Waals surface area (Å²) in [5, 5.41) is 0. The maximum Gasteiger partial charge on any atom is 0.224 e. The molecule has 2 atom stereocenters. The van der Waals surface area contributed by atoms with Gasteiger partial charge in [0.2, 0.25) is 5.91 Å². The van der Waals surface area contributed by atoms with Gasteiger partial charge in [-0.3, -0.25) is 4.79 Å². The number of ether oxygens (including phenoxy) is 2. The molecule has 0 aliphatic rings. The SMILES string of the molecule is CCC.CCCCCOCN(C(=O)CCCC)C(CC(OC)C(S)S)C(C)C. The number of unbranched alkanes of at least 4 members (excludes halogenated alkanes) is 3. The Bertz CT molecular complexity index is 355. The highest BCUT2D eigenvalue weighted by atomic mass is 32.2. The number of carbonyl (C=O) groups is 1. The topological polar surface area (TPSA) is 38.8 Å². The van der Waals surface area contributed by atoms with Crippen molar-refractivity contribution in [3.63, 3.8) is 0 Å². The number of methoxy groups -OCH3 is 1. The van der Waals surface area contributed by atoms with Gasteiger partial charge in [0.25, 0.3) is 0 Å². The molecule has 170 valence electrons. The molecule has 0 rings (SSSR count). The molecule has 0 aliphatic heterocycles. The van der Waals surface area contributed by atoms with Crippen LogP contribution < -0.4 is 0 Å². The number of carbonyl (C=O) groups excluding carboxylic acids is 1. The Kier molecular flexibility index (Phi) is 22.0. The number of nitrogens with zero attached hydrogens (tertiary/aromatic N) is 1. The Morgan fingerprint density at radius 1 is 1.00 bits per heavy atom. The second-order valence-electron chi connectivity index (χ2n) is 7.65. The highest BCUT2D eigenvalue weighted by molar-refractivity contribution is 7.99. The molecule has 0 fully saturated rings. The second-order valence-corrected chi connectivity index (χ2v) is 9.17. The molecule has 0 heterocycles. The van der Waals surface area contributed by atoms with E-state index in [2.05, 4.69) is 66.8 Å². The lowest BCUT2D eigenvalue weighted by atomic mass is 9.96. The van der Waals surface area contributed by atoms with Crippen LogP contribution in [0.4, 0.5) is 0 Å². The van der Waals surface area contributed by atoms with Gasteiger partial charge in [0.15, 0.2) is 0 Å². The minimum absolute atomic E-state index is 0.0577. The maximum atomic E-state index is 12.8. The molecule has 28 heavy (non-hydrogen) atoms. The maximum absolute atomic E-state index is 12.8. The molecular formula is C22H47NO3S2. The summed E-state index contributed by atoms with van der Waals surface area (Å²) in [6, 6.07) is 0.0577. The van der Waals surface area contributed by atoms with Crippen LogP contribution in [-0.4, -0.2) is 48.0 Å². The first kappa shape index (κ1) is 30.3. The predicted octanol–water partition coefficient (Wildman–Crippen LogP) is 6.20. The summed E-state index contributed by atoms with van der Waals surface area (Å²) in [6.45, 7) is 13.9. The standard InChI is InChI=1S/C19H39NO3S2.C3H8/c1-6-8-10-12-23-14-20(18(21)11-9-7-2)16(15(3)4)13-17(22-5)19(24)25;1-3-2/h15-17,19,24-25H,6-14H2,1-5H3;3H2,1-2H3. The summed E-state index contributed by atoms with van der Waals surface area (Å²) in [5.74, 6) is 0.476. The molecule has 1 amide bonds. The molecule has 0 saturated carbocycles. The van der Waals surface area contributed by atoms with Gasteiger partial charge < -0.3 is 14.4 Å². The van der Waals surface area contributed by atoms with Crippen LogP contribution in [0.5, 0.6) is 0 Å². The Balaban J connectivity index is 0. The Hall–Kier alpha value is 0.0900. The fraction of sp³-hybridized carbons (Fsp3) is 0.955. The van der Waals surface area contributed by atoms with Gasteiger partial charge in [-0.1, -0.05) is 67.2 Å². The summed E-state index contributed by atoms with van der Waals surface area (Å²) in [4.78, 5) is 14.7. The number of rotatable bonds is 15. The van der Waals surface area contributed by atoms with E-state index in [1.165, 1.54) is 6.42 Å². The molecule has 0 aromatic rings. The quantitative estimate of drug-likeness (QED) is 0.182. The molecule has 6 heteroatoms. The number of amides is 1. The highest BCUT2D eigenvalue weighted by Crippen LogP contribution is 2.24. The molecule has 2 unspecified atom stereocenters. The van der Waals surface area contributed by atoms with Crippen molar-refractivity contribution in [1.82, 2.24) is 4.90 Å². The fourth-order valence-corrected chi connectivity index (χ4v) is 3.27. The van der Waals surface area contributed by atoms with E-state index >= 15 is 0 Å². The zero-order chi connectivity index (χ0) is 21.9. The van der Waals surface area contributed by atoms with Crippen molar-refractivity contribution < 1.29 is 14.3 Å². The van der Waals surface area contributed by atoms with Crippen molar-refractivity contribution in [2.75, 3.05) is 20.4 Å². The number of hydrogen-bond donors (Lipinski definition) is 2. The van der Waals surface area contributed by atoms with Gasteiger partial charge in [-0.05, 0) is 25.2 Å². The van der Waals surface area contributed by atoms with Crippen LogP contribution in [0, 0.1) is 5.92 Å². The van der Waals surface area contributed by atoms with Crippen LogP contribution in [0.2, 0.25) is 0 Å². The zero-order valence-corrected chi connectivity index (χ0v) is 21.2. The van der Waals surface area contributed by atoms with Crippen molar-refractivity contribution >= 4 is 31.2 Å². The minimum Gasteiger partial charge on any atom is -0.379 e. The molecule has 0 aromatic carbocycles. The average molecular weight is 438 g/mol. The lowest BCUT2D eigenvalue weighted by Crippen LogP contribution is -2.47. The third-order valence-corrected chi connectivity index (χ3v) is 5.13. The van der Waals surface area contributed by atoms with Gasteiger partial charge in [0.05, 0.1) is 10.7 Å². The van der Waals surface area contributed by atoms with Gasteiger partial charge in [0, 0.05) is 26.2 Å². The van der Waals surface area contributed by atoms with E-state index in [1.54, 1.807) is 7.11 Å². The first-order chi connectivity index (χ1) is 13.3. The molecule has 0 bridgehead atoms. The Labute approximate surface area is 186 Å². The van der Waals surface area contributed by atoms with Gasteiger partial charge in [-0.2, -0.15) is 25.3 Å². The van der Waals surface area contributed by atoms with Crippen molar-refractivity contribution in [2.45, 2.75) is 110 Å². The number of thiol groups is 2. The molecule has 0 N–H and O–H groups in total. The van der Waals surface area contributed by atoms with E-state index in [-0.39, 0.29) is 22.6 Å². The molecule has 0 spiro atoms. The van der Waals surface area contributed by atoms with Crippen molar-refractivity contribution in [1.29, 1.82) is 0 Å². The molecular weight excluding hydrogens is 390 g/mol. The normalized spacial score (nSPS) is 13.2. The van der Waals surface area contributed by atoms with Crippen LogP contribution in [0.25, 0.3) is 0 Å². The van der Waals surface area contributed by atoms with Crippen LogP contribution in [-0.2, 0) is 14.3 Å². The van der Waals surface area contributed by atoms with E-state index in [1.807, 2.05) is 4.90 Å². The molecule has 4 nitrogen and oxygen atoms in total. The van der Waals surface area contributed by atoms with E-state index in [0.717, 1.165) is 32.1 Å². The second kappa shape index (κ2) is 20.4. The first-order valence-corrected chi connectivity index (χ1v) is 12.1.